The van der Waals surface area contributed by atoms with Crippen molar-refractivity contribution in [3.63, 3.8) is 0 Å². The molecular formula is C14H10N2OS. The molecule has 0 unspecified atom stereocenters. The predicted octanol–water partition coefficient (Wildman–Crippen LogP) is 4.12. The van der Waals surface area contributed by atoms with E-state index in [1.54, 1.807) is 23.8 Å². The molecule has 3 nitrogen and oxygen atoms in total. The van der Waals surface area contributed by atoms with Crippen molar-refractivity contribution >= 4 is 33.2 Å². The number of furan rings is 1. The van der Waals surface area contributed by atoms with Gasteiger partial charge in [-0.15, -0.1) is 0 Å². The summed E-state index contributed by atoms with van der Waals surface area (Å²) in [5.74, 6) is 0. The number of thiophene rings is 1. The molecule has 4 rings (SSSR count). The van der Waals surface area contributed by atoms with Crippen LogP contribution in [0.2, 0.25) is 0 Å². The van der Waals surface area contributed by atoms with E-state index >= 15 is 0 Å². The molecular weight excluding hydrogens is 244 g/mol. The van der Waals surface area contributed by atoms with Crippen LogP contribution >= 0.6 is 11.3 Å². The van der Waals surface area contributed by atoms with Crippen LogP contribution in [0.4, 0.5) is 0 Å². The molecule has 0 spiro atoms. The standard InChI is InChI=1S/C7H5NO.C7H5NS/c1-2-7-6(8-4-1)3-5-9-7;1-2-8-3-7-5-9-4-6(1)7/h2*1-5H. The maximum Gasteiger partial charge on any atom is 0.152 e. The van der Waals surface area contributed by atoms with E-state index in [1.807, 2.05) is 36.7 Å². The third-order valence-corrected chi connectivity index (χ3v) is 3.28. The predicted molar refractivity (Wildman–Crippen MR) is 73.6 cm³/mol. The van der Waals surface area contributed by atoms with Gasteiger partial charge in [-0.25, -0.2) is 0 Å². The van der Waals surface area contributed by atoms with Crippen LogP contribution in [-0.4, -0.2) is 9.97 Å². The number of fused-ring (bicyclic) bond motifs is 2. The molecule has 4 heterocycles. The Balaban J connectivity index is 0.000000111. The molecule has 0 N–H and O–H groups in total. The Morgan fingerprint density at radius 1 is 1.00 bits per heavy atom. The summed E-state index contributed by atoms with van der Waals surface area (Å²) in [6.45, 7) is 0. The molecule has 0 aliphatic heterocycles. The second-order valence-electron chi connectivity index (χ2n) is 3.68. The zero-order valence-corrected chi connectivity index (χ0v) is 10.3. The monoisotopic (exact) mass is 254 g/mol. The Kier molecular flexibility index (Phi) is 3.02. The molecule has 0 aromatic carbocycles. The van der Waals surface area contributed by atoms with E-state index < -0.39 is 0 Å². The third-order valence-electron chi connectivity index (χ3n) is 2.50. The lowest BCUT2D eigenvalue weighted by Gasteiger charge is -1.81. The van der Waals surface area contributed by atoms with Gasteiger partial charge in [-0.2, -0.15) is 11.3 Å². The Morgan fingerprint density at radius 2 is 1.94 bits per heavy atom. The molecule has 0 radical (unpaired) electrons. The van der Waals surface area contributed by atoms with Crippen LogP contribution in [-0.2, 0) is 0 Å². The summed E-state index contributed by atoms with van der Waals surface area (Å²) in [4.78, 5) is 8.04. The van der Waals surface area contributed by atoms with E-state index in [0.717, 1.165) is 11.1 Å². The first-order chi connectivity index (χ1) is 8.93. The van der Waals surface area contributed by atoms with Crippen molar-refractivity contribution < 1.29 is 4.42 Å². The Morgan fingerprint density at radius 3 is 2.83 bits per heavy atom. The average molecular weight is 254 g/mol. The van der Waals surface area contributed by atoms with Gasteiger partial charge in [-0.3, -0.25) is 9.97 Å². The van der Waals surface area contributed by atoms with Crippen molar-refractivity contribution in [1.82, 2.24) is 9.97 Å². The van der Waals surface area contributed by atoms with Crippen molar-refractivity contribution in [2.24, 2.45) is 0 Å². The maximum absolute atomic E-state index is 5.06. The minimum atomic E-state index is 0.845. The van der Waals surface area contributed by atoms with E-state index in [2.05, 4.69) is 20.7 Å². The number of hydrogen-bond acceptors (Lipinski definition) is 4. The van der Waals surface area contributed by atoms with Gasteiger partial charge in [0.15, 0.2) is 5.58 Å². The largest absolute Gasteiger partial charge is 0.463 e. The summed E-state index contributed by atoms with van der Waals surface area (Å²) in [5.41, 5.74) is 1.76. The lowest BCUT2D eigenvalue weighted by atomic mass is 10.3. The topological polar surface area (TPSA) is 38.9 Å². The van der Waals surface area contributed by atoms with Crippen molar-refractivity contribution in [1.29, 1.82) is 0 Å². The third kappa shape index (κ3) is 2.24. The van der Waals surface area contributed by atoms with E-state index in [0.29, 0.717) is 0 Å². The molecule has 0 saturated carbocycles. The first kappa shape index (κ1) is 10.9. The smallest absolute Gasteiger partial charge is 0.152 e. The van der Waals surface area contributed by atoms with E-state index in [9.17, 15) is 0 Å². The van der Waals surface area contributed by atoms with Crippen molar-refractivity contribution in [2.75, 3.05) is 0 Å². The second-order valence-corrected chi connectivity index (χ2v) is 4.43. The van der Waals surface area contributed by atoms with Gasteiger partial charge in [0, 0.05) is 35.4 Å². The number of pyridine rings is 2. The molecule has 88 valence electrons. The van der Waals surface area contributed by atoms with Crippen LogP contribution in [0.1, 0.15) is 0 Å². The van der Waals surface area contributed by atoms with Gasteiger partial charge in [0.25, 0.3) is 0 Å². The van der Waals surface area contributed by atoms with Crippen LogP contribution in [0.3, 0.4) is 0 Å². The van der Waals surface area contributed by atoms with Crippen molar-refractivity contribution in [3.05, 3.63) is 59.9 Å². The number of rotatable bonds is 0. The first-order valence-electron chi connectivity index (χ1n) is 5.47. The fourth-order valence-corrected chi connectivity index (χ4v) is 2.38. The molecule has 0 amide bonds. The highest BCUT2D eigenvalue weighted by Gasteiger charge is 1.91. The van der Waals surface area contributed by atoms with Gasteiger partial charge < -0.3 is 4.42 Å². The first-order valence-corrected chi connectivity index (χ1v) is 6.42. The highest BCUT2D eigenvalue weighted by Crippen LogP contribution is 2.15. The Hall–Kier alpha value is -2.20. The van der Waals surface area contributed by atoms with E-state index in [4.69, 9.17) is 4.42 Å². The summed E-state index contributed by atoms with van der Waals surface area (Å²) < 4.78 is 5.06. The molecule has 0 bridgehead atoms. The SMILES string of the molecule is c1cc2cscc2cn1.c1cnc2ccoc2c1. The molecule has 0 aliphatic rings. The van der Waals surface area contributed by atoms with Crippen LogP contribution in [0.25, 0.3) is 21.9 Å². The van der Waals surface area contributed by atoms with Gasteiger partial charge in [0.1, 0.15) is 5.52 Å². The van der Waals surface area contributed by atoms with Crippen LogP contribution in [0.5, 0.6) is 0 Å². The fraction of sp³-hybridized carbons (Fsp3) is 0. The van der Waals surface area contributed by atoms with Gasteiger partial charge in [0.05, 0.1) is 6.26 Å². The molecule has 4 heteroatoms. The van der Waals surface area contributed by atoms with Gasteiger partial charge >= 0.3 is 0 Å². The average Bonchev–Trinajstić information content (AvgIpc) is 3.08. The van der Waals surface area contributed by atoms with Crippen LogP contribution in [0.15, 0.2) is 64.3 Å². The highest BCUT2D eigenvalue weighted by atomic mass is 32.1. The zero-order valence-electron chi connectivity index (χ0n) is 9.48. The summed E-state index contributed by atoms with van der Waals surface area (Å²) >= 11 is 1.71. The van der Waals surface area contributed by atoms with Crippen molar-refractivity contribution in [2.45, 2.75) is 0 Å². The fourth-order valence-electron chi connectivity index (χ4n) is 1.60. The molecule has 0 atom stereocenters. The number of aromatic nitrogens is 2. The Bertz CT molecular complexity index is 634. The summed E-state index contributed by atoms with van der Waals surface area (Å²) in [6.07, 6.45) is 7.08. The normalized spacial score (nSPS) is 10.2. The van der Waals surface area contributed by atoms with E-state index in [-0.39, 0.29) is 0 Å². The lowest BCUT2D eigenvalue weighted by Crippen LogP contribution is -1.66. The lowest BCUT2D eigenvalue weighted by molar-refractivity contribution is 0.615. The summed E-state index contributed by atoms with van der Waals surface area (Å²) in [7, 11) is 0. The van der Waals surface area contributed by atoms with E-state index in [1.165, 1.54) is 10.8 Å². The maximum atomic E-state index is 5.06. The van der Waals surface area contributed by atoms with Gasteiger partial charge in [-0.1, -0.05) is 0 Å². The number of hydrogen-bond donors (Lipinski definition) is 0. The van der Waals surface area contributed by atoms with Crippen LogP contribution in [0, 0.1) is 0 Å². The molecule has 0 saturated heterocycles. The minimum Gasteiger partial charge on any atom is -0.463 e. The molecule has 4 aromatic heterocycles. The number of nitrogens with zero attached hydrogens (tertiary/aromatic N) is 2. The highest BCUT2D eigenvalue weighted by molar-refractivity contribution is 7.09. The molecule has 0 fully saturated rings. The quantitative estimate of drug-likeness (QED) is 0.473. The Labute approximate surface area is 108 Å². The summed E-state index contributed by atoms with van der Waals surface area (Å²) in [6, 6.07) is 7.61. The summed E-state index contributed by atoms with van der Waals surface area (Å²) in [5, 5.41) is 6.75. The minimum absolute atomic E-state index is 0.845. The van der Waals surface area contributed by atoms with Gasteiger partial charge in [0.2, 0.25) is 0 Å². The molecule has 4 aromatic rings. The molecule has 0 aliphatic carbocycles. The molecule has 18 heavy (non-hydrogen) atoms. The van der Waals surface area contributed by atoms with Crippen molar-refractivity contribution in [3.8, 4) is 0 Å². The second kappa shape index (κ2) is 4.98. The van der Waals surface area contributed by atoms with Gasteiger partial charge in [-0.05, 0) is 29.0 Å². The van der Waals surface area contributed by atoms with Crippen LogP contribution < -0.4 is 0 Å². The zero-order chi connectivity index (χ0) is 12.2.